The SMILES string of the molecule is CCc1ccc(C(C)NC(C)COc2ccc(C)cc2)s1. The number of ether oxygens (including phenoxy) is 1. The minimum absolute atomic E-state index is 0.313. The van der Waals surface area contributed by atoms with Gasteiger partial charge in [0.2, 0.25) is 0 Å². The summed E-state index contributed by atoms with van der Waals surface area (Å²) >= 11 is 1.90. The summed E-state index contributed by atoms with van der Waals surface area (Å²) in [5, 5.41) is 3.60. The summed E-state index contributed by atoms with van der Waals surface area (Å²) in [5.74, 6) is 0.936. The highest BCUT2D eigenvalue weighted by molar-refractivity contribution is 7.12. The van der Waals surface area contributed by atoms with Crippen LogP contribution in [0.25, 0.3) is 0 Å². The van der Waals surface area contributed by atoms with E-state index in [1.165, 1.54) is 15.3 Å². The van der Waals surface area contributed by atoms with Gasteiger partial charge in [0.25, 0.3) is 0 Å². The van der Waals surface area contributed by atoms with Gasteiger partial charge >= 0.3 is 0 Å². The van der Waals surface area contributed by atoms with E-state index in [0.717, 1.165) is 12.2 Å². The van der Waals surface area contributed by atoms with Crippen molar-refractivity contribution in [1.82, 2.24) is 5.32 Å². The maximum atomic E-state index is 5.83. The largest absolute Gasteiger partial charge is 0.492 e. The van der Waals surface area contributed by atoms with Gasteiger partial charge < -0.3 is 10.1 Å². The van der Waals surface area contributed by atoms with E-state index in [4.69, 9.17) is 4.74 Å². The second kappa shape index (κ2) is 7.62. The Bertz CT molecular complexity index is 547. The number of aryl methyl sites for hydroxylation is 2. The third kappa shape index (κ3) is 4.87. The summed E-state index contributed by atoms with van der Waals surface area (Å²) < 4.78 is 5.83. The first-order valence-electron chi connectivity index (χ1n) is 7.62. The monoisotopic (exact) mass is 303 g/mol. The van der Waals surface area contributed by atoms with Gasteiger partial charge in [0.1, 0.15) is 12.4 Å². The normalized spacial score (nSPS) is 13.9. The van der Waals surface area contributed by atoms with Gasteiger partial charge in [-0.25, -0.2) is 0 Å². The Labute approximate surface area is 132 Å². The summed E-state index contributed by atoms with van der Waals surface area (Å²) in [5.41, 5.74) is 1.26. The third-order valence-corrected chi connectivity index (χ3v) is 4.93. The quantitative estimate of drug-likeness (QED) is 0.798. The predicted molar refractivity (Wildman–Crippen MR) is 91.4 cm³/mol. The van der Waals surface area contributed by atoms with Crippen LogP contribution in [0.15, 0.2) is 36.4 Å². The van der Waals surface area contributed by atoms with Crippen molar-refractivity contribution < 1.29 is 4.74 Å². The van der Waals surface area contributed by atoms with E-state index in [1.807, 2.05) is 23.5 Å². The Hall–Kier alpha value is -1.32. The average molecular weight is 303 g/mol. The Balaban J connectivity index is 1.80. The molecule has 2 atom stereocenters. The highest BCUT2D eigenvalue weighted by Crippen LogP contribution is 2.23. The lowest BCUT2D eigenvalue weighted by atomic mass is 10.2. The number of thiophene rings is 1. The Morgan fingerprint density at radius 3 is 2.43 bits per heavy atom. The van der Waals surface area contributed by atoms with Gasteiger partial charge in [0.05, 0.1) is 0 Å². The van der Waals surface area contributed by atoms with Crippen molar-refractivity contribution in [3.05, 3.63) is 51.7 Å². The van der Waals surface area contributed by atoms with Crippen molar-refractivity contribution in [2.45, 2.75) is 46.2 Å². The molecule has 0 radical (unpaired) electrons. The molecular weight excluding hydrogens is 278 g/mol. The molecule has 2 rings (SSSR count). The Morgan fingerprint density at radius 1 is 1.10 bits per heavy atom. The van der Waals surface area contributed by atoms with Gasteiger partial charge in [-0.3, -0.25) is 0 Å². The van der Waals surface area contributed by atoms with Gasteiger partial charge in [-0.1, -0.05) is 24.6 Å². The number of rotatable bonds is 7. The molecule has 0 bridgehead atoms. The van der Waals surface area contributed by atoms with Gasteiger partial charge in [-0.05, 0) is 51.5 Å². The zero-order valence-corrected chi connectivity index (χ0v) is 14.2. The molecule has 21 heavy (non-hydrogen) atoms. The van der Waals surface area contributed by atoms with Crippen LogP contribution in [-0.2, 0) is 6.42 Å². The molecule has 1 N–H and O–H groups in total. The molecule has 2 aromatic rings. The maximum absolute atomic E-state index is 5.83. The van der Waals surface area contributed by atoms with Crippen LogP contribution in [0.5, 0.6) is 5.75 Å². The molecule has 0 aliphatic carbocycles. The minimum atomic E-state index is 0.313. The molecule has 3 heteroatoms. The van der Waals surface area contributed by atoms with Crippen molar-refractivity contribution in [1.29, 1.82) is 0 Å². The fourth-order valence-electron chi connectivity index (χ4n) is 2.23. The minimum Gasteiger partial charge on any atom is -0.492 e. The first kappa shape index (κ1) is 16.1. The topological polar surface area (TPSA) is 21.3 Å². The van der Waals surface area contributed by atoms with E-state index in [-0.39, 0.29) is 0 Å². The zero-order chi connectivity index (χ0) is 15.2. The van der Waals surface area contributed by atoms with E-state index >= 15 is 0 Å². The fraction of sp³-hybridized carbons (Fsp3) is 0.444. The summed E-state index contributed by atoms with van der Waals surface area (Å²) in [7, 11) is 0. The highest BCUT2D eigenvalue weighted by Gasteiger charge is 2.12. The van der Waals surface area contributed by atoms with Crippen molar-refractivity contribution in [2.75, 3.05) is 6.61 Å². The van der Waals surface area contributed by atoms with Crippen LogP contribution in [-0.4, -0.2) is 12.6 Å². The molecule has 2 unspecified atom stereocenters. The molecule has 1 aromatic heterocycles. The molecule has 0 fully saturated rings. The van der Waals surface area contributed by atoms with Crippen LogP contribution < -0.4 is 10.1 Å². The van der Waals surface area contributed by atoms with Gasteiger partial charge in [0.15, 0.2) is 0 Å². The number of benzene rings is 1. The number of hydrogen-bond acceptors (Lipinski definition) is 3. The summed E-state index contributed by atoms with van der Waals surface area (Å²) in [6.07, 6.45) is 1.11. The summed E-state index contributed by atoms with van der Waals surface area (Å²) in [6, 6.07) is 13.3. The zero-order valence-electron chi connectivity index (χ0n) is 13.3. The van der Waals surface area contributed by atoms with Crippen LogP contribution >= 0.6 is 11.3 Å². The van der Waals surface area contributed by atoms with Crippen LogP contribution in [0.1, 0.15) is 42.1 Å². The van der Waals surface area contributed by atoms with Crippen LogP contribution in [0.2, 0.25) is 0 Å². The van der Waals surface area contributed by atoms with Gasteiger partial charge in [0, 0.05) is 21.8 Å². The van der Waals surface area contributed by atoms with Crippen LogP contribution in [0.4, 0.5) is 0 Å². The summed E-state index contributed by atoms with van der Waals surface area (Å²) in [6.45, 7) is 9.35. The lowest BCUT2D eigenvalue weighted by Crippen LogP contribution is -2.33. The van der Waals surface area contributed by atoms with Gasteiger partial charge in [-0.15, -0.1) is 11.3 Å². The third-order valence-electron chi connectivity index (χ3n) is 3.51. The number of nitrogens with one attached hydrogen (secondary N) is 1. The van der Waals surface area contributed by atoms with E-state index in [9.17, 15) is 0 Å². The van der Waals surface area contributed by atoms with E-state index in [0.29, 0.717) is 18.7 Å². The predicted octanol–water partition coefficient (Wildman–Crippen LogP) is 4.74. The van der Waals surface area contributed by atoms with Crippen LogP contribution in [0, 0.1) is 6.92 Å². The molecule has 2 nitrogen and oxygen atoms in total. The Kier molecular flexibility index (Phi) is 5.83. The molecule has 0 amide bonds. The lowest BCUT2D eigenvalue weighted by molar-refractivity contribution is 0.264. The van der Waals surface area contributed by atoms with Crippen LogP contribution in [0.3, 0.4) is 0 Å². The molecule has 0 aliphatic heterocycles. The second-order valence-corrected chi connectivity index (χ2v) is 6.77. The van der Waals surface area contributed by atoms with Gasteiger partial charge in [-0.2, -0.15) is 0 Å². The van der Waals surface area contributed by atoms with E-state index < -0.39 is 0 Å². The summed E-state index contributed by atoms with van der Waals surface area (Å²) in [4.78, 5) is 2.84. The van der Waals surface area contributed by atoms with Crippen molar-refractivity contribution in [3.63, 3.8) is 0 Å². The number of hydrogen-bond donors (Lipinski definition) is 1. The van der Waals surface area contributed by atoms with Crippen molar-refractivity contribution >= 4 is 11.3 Å². The molecule has 0 spiro atoms. The molecule has 1 aromatic carbocycles. The molecule has 1 heterocycles. The van der Waals surface area contributed by atoms with E-state index in [2.05, 4.69) is 57.3 Å². The highest BCUT2D eigenvalue weighted by atomic mass is 32.1. The fourth-order valence-corrected chi connectivity index (χ4v) is 3.19. The molecular formula is C18H25NOS. The first-order valence-corrected chi connectivity index (χ1v) is 8.44. The van der Waals surface area contributed by atoms with Crippen molar-refractivity contribution in [2.24, 2.45) is 0 Å². The average Bonchev–Trinajstić information content (AvgIpc) is 2.96. The smallest absolute Gasteiger partial charge is 0.119 e. The van der Waals surface area contributed by atoms with Crippen molar-refractivity contribution in [3.8, 4) is 5.75 Å². The molecule has 0 aliphatic rings. The maximum Gasteiger partial charge on any atom is 0.119 e. The molecule has 0 saturated carbocycles. The first-order chi connectivity index (χ1) is 10.1. The lowest BCUT2D eigenvalue weighted by Gasteiger charge is -2.19. The second-order valence-electron chi connectivity index (χ2n) is 5.57. The molecule has 114 valence electrons. The van der Waals surface area contributed by atoms with E-state index in [1.54, 1.807) is 0 Å². The Morgan fingerprint density at radius 2 is 1.81 bits per heavy atom. The standard InChI is InChI=1S/C18H25NOS/c1-5-17-10-11-18(21-17)15(4)19-14(3)12-20-16-8-6-13(2)7-9-16/h6-11,14-15,19H,5,12H2,1-4H3. The molecule has 0 saturated heterocycles.